The fourth-order valence-electron chi connectivity index (χ4n) is 4.51. The number of nitrogens with one attached hydrogen (secondary N) is 1. The summed E-state index contributed by atoms with van der Waals surface area (Å²) in [6, 6.07) is 0. The molecule has 1 aliphatic heterocycles. The van der Waals surface area contributed by atoms with Crippen molar-refractivity contribution in [2.24, 2.45) is 5.41 Å². The number of nitrogens with zero attached hydrogens (tertiary/aromatic N) is 1. The van der Waals surface area contributed by atoms with Crippen molar-refractivity contribution in [2.45, 2.75) is 83.3 Å². The molecule has 3 nitrogen and oxygen atoms in total. The fraction of sp³-hybridized carbons (Fsp3) is 0.938. The molecule has 0 bridgehead atoms. The highest BCUT2D eigenvalue weighted by Gasteiger charge is 2.52. The fourth-order valence-corrected chi connectivity index (χ4v) is 4.51. The molecule has 19 heavy (non-hydrogen) atoms. The van der Waals surface area contributed by atoms with Crippen LogP contribution in [0.15, 0.2) is 0 Å². The molecule has 0 aromatic heterocycles. The van der Waals surface area contributed by atoms with Crippen LogP contribution >= 0.6 is 0 Å². The molecular weight excluding hydrogens is 236 g/mol. The Morgan fingerprint density at radius 1 is 1.11 bits per heavy atom. The molecule has 3 rings (SSSR count). The van der Waals surface area contributed by atoms with E-state index in [2.05, 4.69) is 24.1 Å². The van der Waals surface area contributed by atoms with Crippen LogP contribution < -0.4 is 5.32 Å². The van der Waals surface area contributed by atoms with Crippen LogP contribution in [0.3, 0.4) is 0 Å². The molecule has 1 unspecified atom stereocenters. The minimum Gasteiger partial charge on any atom is -0.325 e. The average molecular weight is 264 g/mol. The monoisotopic (exact) mass is 264 g/mol. The van der Waals surface area contributed by atoms with Crippen LogP contribution in [0.2, 0.25) is 0 Å². The molecule has 1 heterocycles. The molecule has 1 saturated heterocycles. The van der Waals surface area contributed by atoms with Crippen LogP contribution in [0.1, 0.15) is 71.6 Å². The lowest BCUT2D eigenvalue weighted by atomic mass is 9.75. The summed E-state index contributed by atoms with van der Waals surface area (Å²) in [5, 5.41) is 3.61. The van der Waals surface area contributed by atoms with Crippen LogP contribution in [-0.4, -0.2) is 29.1 Å². The summed E-state index contributed by atoms with van der Waals surface area (Å²) in [6.07, 6.45) is 11.4. The van der Waals surface area contributed by atoms with Gasteiger partial charge in [-0.15, -0.1) is 0 Å². The molecule has 0 radical (unpaired) electrons. The number of amides is 1. The van der Waals surface area contributed by atoms with Gasteiger partial charge in [-0.1, -0.05) is 39.0 Å². The Kier molecular flexibility index (Phi) is 3.36. The van der Waals surface area contributed by atoms with Crippen LogP contribution in [0, 0.1) is 5.41 Å². The Bertz CT molecular complexity index is 354. The van der Waals surface area contributed by atoms with E-state index in [1.807, 2.05) is 0 Å². The maximum absolute atomic E-state index is 12.8. The smallest absolute Gasteiger partial charge is 0.244 e. The van der Waals surface area contributed by atoms with Crippen molar-refractivity contribution >= 4 is 5.91 Å². The highest BCUT2D eigenvalue weighted by Crippen LogP contribution is 2.41. The normalized spacial score (nSPS) is 33.3. The molecule has 1 spiro atoms. The molecule has 0 aromatic rings. The molecule has 1 amide bonds. The Morgan fingerprint density at radius 2 is 1.68 bits per heavy atom. The lowest BCUT2D eigenvalue weighted by Crippen LogP contribution is -2.45. The van der Waals surface area contributed by atoms with Gasteiger partial charge in [-0.25, -0.2) is 0 Å². The highest BCUT2D eigenvalue weighted by atomic mass is 16.2. The zero-order valence-corrected chi connectivity index (χ0v) is 12.5. The molecule has 2 saturated carbocycles. The minimum absolute atomic E-state index is 0.190. The highest BCUT2D eigenvalue weighted by molar-refractivity contribution is 5.89. The van der Waals surface area contributed by atoms with Gasteiger partial charge in [0.1, 0.15) is 0 Å². The third-order valence-electron chi connectivity index (χ3n) is 5.69. The molecule has 1 atom stereocenters. The number of hydrogen-bond donors (Lipinski definition) is 1. The summed E-state index contributed by atoms with van der Waals surface area (Å²) in [5.74, 6) is 0.393. The van der Waals surface area contributed by atoms with E-state index in [1.165, 1.54) is 44.9 Å². The van der Waals surface area contributed by atoms with E-state index in [-0.39, 0.29) is 11.7 Å². The van der Waals surface area contributed by atoms with Gasteiger partial charge in [0.15, 0.2) is 0 Å². The predicted octanol–water partition coefficient (Wildman–Crippen LogP) is 3.05. The maximum Gasteiger partial charge on any atom is 0.244 e. The number of rotatable bonds is 2. The van der Waals surface area contributed by atoms with E-state index >= 15 is 0 Å². The van der Waals surface area contributed by atoms with Crippen molar-refractivity contribution in [1.82, 2.24) is 10.2 Å². The molecular formula is C16H28N2O. The molecule has 3 heteroatoms. The summed E-state index contributed by atoms with van der Waals surface area (Å²) in [6.45, 7) is 5.50. The van der Waals surface area contributed by atoms with E-state index in [4.69, 9.17) is 0 Å². The molecule has 2 aliphatic carbocycles. The van der Waals surface area contributed by atoms with Crippen molar-refractivity contribution in [3.8, 4) is 0 Å². The van der Waals surface area contributed by atoms with Crippen molar-refractivity contribution in [3.05, 3.63) is 0 Å². The van der Waals surface area contributed by atoms with E-state index in [0.29, 0.717) is 11.3 Å². The van der Waals surface area contributed by atoms with Gasteiger partial charge in [-0.05, 0) is 38.0 Å². The summed E-state index contributed by atoms with van der Waals surface area (Å²) >= 11 is 0. The molecule has 3 aliphatic rings. The van der Waals surface area contributed by atoms with Crippen molar-refractivity contribution in [1.29, 1.82) is 0 Å². The first-order valence-corrected chi connectivity index (χ1v) is 8.14. The second-order valence-electron chi connectivity index (χ2n) is 7.41. The predicted molar refractivity (Wildman–Crippen MR) is 76.7 cm³/mol. The molecule has 108 valence electrons. The third-order valence-corrected chi connectivity index (χ3v) is 5.69. The van der Waals surface area contributed by atoms with Gasteiger partial charge in [-0.2, -0.15) is 0 Å². The van der Waals surface area contributed by atoms with Crippen LogP contribution in [0.25, 0.3) is 0 Å². The van der Waals surface area contributed by atoms with Crippen molar-refractivity contribution in [3.63, 3.8) is 0 Å². The van der Waals surface area contributed by atoms with Gasteiger partial charge < -0.3 is 4.90 Å². The first kappa shape index (κ1) is 13.4. The van der Waals surface area contributed by atoms with Gasteiger partial charge in [0.2, 0.25) is 5.91 Å². The van der Waals surface area contributed by atoms with E-state index in [1.54, 1.807) is 0 Å². The number of carbonyl (C=O) groups is 1. The Balaban J connectivity index is 1.72. The van der Waals surface area contributed by atoms with Gasteiger partial charge in [0.25, 0.3) is 0 Å². The summed E-state index contributed by atoms with van der Waals surface area (Å²) < 4.78 is 0. The second-order valence-corrected chi connectivity index (χ2v) is 7.41. The van der Waals surface area contributed by atoms with Gasteiger partial charge >= 0.3 is 0 Å². The summed E-state index contributed by atoms with van der Waals surface area (Å²) in [5.41, 5.74) is 0.165. The molecule has 0 aromatic carbocycles. The van der Waals surface area contributed by atoms with Crippen LogP contribution in [0.4, 0.5) is 0 Å². The standard InChI is InChI=1S/C16H28N2O/c1-13-17-16(10-6-7-11-16)14(19)18(13)12-15(2)8-4-3-5-9-15/h13,17H,3-12H2,1-2H3. The second kappa shape index (κ2) is 4.76. The number of hydrogen-bond acceptors (Lipinski definition) is 2. The quantitative estimate of drug-likeness (QED) is 0.831. The number of carbonyl (C=O) groups excluding carboxylic acids is 1. The van der Waals surface area contributed by atoms with Crippen molar-refractivity contribution < 1.29 is 4.79 Å². The minimum atomic E-state index is -0.190. The Morgan fingerprint density at radius 3 is 2.32 bits per heavy atom. The largest absolute Gasteiger partial charge is 0.325 e. The van der Waals surface area contributed by atoms with Gasteiger partial charge in [0.05, 0.1) is 11.7 Å². The third kappa shape index (κ3) is 2.31. The SMILES string of the molecule is CC1NC2(CCCC2)C(=O)N1CC1(C)CCCCC1. The zero-order valence-electron chi connectivity index (χ0n) is 12.5. The van der Waals surface area contributed by atoms with Gasteiger partial charge in [0, 0.05) is 6.54 Å². The molecule has 3 fully saturated rings. The lowest BCUT2D eigenvalue weighted by molar-refractivity contribution is -0.134. The Labute approximate surface area is 117 Å². The van der Waals surface area contributed by atoms with Crippen LogP contribution in [0.5, 0.6) is 0 Å². The van der Waals surface area contributed by atoms with Crippen LogP contribution in [-0.2, 0) is 4.79 Å². The average Bonchev–Trinajstić information content (AvgIpc) is 2.93. The first-order valence-electron chi connectivity index (χ1n) is 8.14. The Hall–Kier alpha value is -0.570. The van der Waals surface area contributed by atoms with E-state index in [9.17, 15) is 4.79 Å². The maximum atomic E-state index is 12.8. The van der Waals surface area contributed by atoms with E-state index in [0.717, 1.165) is 19.4 Å². The van der Waals surface area contributed by atoms with Gasteiger partial charge in [-0.3, -0.25) is 10.1 Å². The summed E-state index contributed by atoms with van der Waals surface area (Å²) in [4.78, 5) is 15.0. The topological polar surface area (TPSA) is 32.3 Å². The van der Waals surface area contributed by atoms with E-state index < -0.39 is 0 Å². The first-order chi connectivity index (χ1) is 9.05. The molecule has 1 N–H and O–H groups in total. The van der Waals surface area contributed by atoms with Crippen molar-refractivity contribution in [2.75, 3.05) is 6.54 Å². The zero-order chi connectivity index (χ0) is 13.5. The summed E-state index contributed by atoms with van der Waals surface area (Å²) in [7, 11) is 0. The lowest BCUT2D eigenvalue weighted by Gasteiger charge is -2.38.